The summed E-state index contributed by atoms with van der Waals surface area (Å²) in [5, 5.41) is 2.83. The Morgan fingerprint density at radius 1 is 0.971 bits per heavy atom. The van der Waals surface area contributed by atoms with Crippen LogP contribution in [0.15, 0.2) is 77.7 Å². The van der Waals surface area contributed by atoms with Gasteiger partial charge in [-0.1, -0.05) is 42.8 Å². The second kappa shape index (κ2) is 11.0. The van der Waals surface area contributed by atoms with Gasteiger partial charge in [-0.2, -0.15) is 0 Å². The molecule has 1 N–H and O–H groups in total. The van der Waals surface area contributed by atoms with Crippen molar-refractivity contribution in [2.75, 3.05) is 16.2 Å². The molecule has 0 radical (unpaired) electrons. The second-order valence-electron chi connectivity index (χ2n) is 8.90. The number of nitrogens with zero attached hydrogens (tertiary/aromatic N) is 1. The van der Waals surface area contributed by atoms with Crippen molar-refractivity contribution >= 4 is 27.3 Å². The third-order valence-corrected chi connectivity index (χ3v) is 8.05. The topological polar surface area (TPSA) is 75.7 Å². The zero-order valence-electron chi connectivity index (χ0n) is 20.2. The van der Waals surface area contributed by atoms with Gasteiger partial charge in [-0.15, -0.1) is 0 Å². The van der Waals surface area contributed by atoms with E-state index in [2.05, 4.69) is 5.32 Å². The number of hydrogen-bond donors (Lipinski definition) is 1. The highest BCUT2D eigenvalue weighted by Gasteiger charge is 2.28. The maximum Gasteiger partial charge on any atom is 0.264 e. The molecule has 0 bridgehead atoms. The van der Waals surface area contributed by atoms with E-state index in [-0.39, 0.29) is 17.5 Å². The van der Waals surface area contributed by atoms with E-state index in [1.807, 2.05) is 38.1 Å². The highest BCUT2D eigenvalue weighted by molar-refractivity contribution is 7.92. The molecule has 1 saturated carbocycles. The number of carbonyl (C=O) groups excluding carboxylic acids is 1. The number of rotatable bonds is 9. The van der Waals surface area contributed by atoms with Crippen molar-refractivity contribution in [2.24, 2.45) is 0 Å². The van der Waals surface area contributed by atoms with Crippen molar-refractivity contribution in [2.45, 2.75) is 57.0 Å². The molecule has 3 aromatic rings. The van der Waals surface area contributed by atoms with Crippen LogP contribution in [0.5, 0.6) is 5.75 Å². The summed E-state index contributed by atoms with van der Waals surface area (Å²) in [5.41, 5.74) is 2.91. The van der Waals surface area contributed by atoms with E-state index in [9.17, 15) is 13.2 Å². The molecule has 0 aromatic heterocycles. The predicted molar refractivity (Wildman–Crippen MR) is 139 cm³/mol. The summed E-state index contributed by atoms with van der Waals surface area (Å²) in [6.45, 7) is 3.52. The van der Waals surface area contributed by atoms with Crippen molar-refractivity contribution in [3.63, 3.8) is 0 Å². The number of para-hydroxylation sites is 1. The van der Waals surface area contributed by atoms with E-state index in [0.29, 0.717) is 17.8 Å². The first-order valence-electron chi connectivity index (χ1n) is 12.1. The Morgan fingerprint density at radius 2 is 1.63 bits per heavy atom. The Balaban J connectivity index is 1.55. The van der Waals surface area contributed by atoms with E-state index >= 15 is 0 Å². The number of ether oxygens (including phenoxy) is 1. The average Bonchev–Trinajstić information content (AvgIpc) is 3.37. The van der Waals surface area contributed by atoms with Crippen LogP contribution in [-0.2, 0) is 21.2 Å². The Hall–Kier alpha value is -3.32. The Morgan fingerprint density at radius 3 is 2.29 bits per heavy atom. The molecule has 1 fully saturated rings. The first-order chi connectivity index (χ1) is 16.9. The number of nitrogens with one attached hydrogen (secondary N) is 1. The van der Waals surface area contributed by atoms with Crippen LogP contribution in [0.2, 0.25) is 0 Å². The third kappa shape index (κ3) is 6.03. The van der Waals surface area contributed by atoms with E-state index in [4.69, 9.17) is 4.74 Å². The standard InChI is InChI=1S/C28H32N2O4S/c1-3-22-8-4-7-11-27(22)30(35(32,33)26-18-12-21(2)13-19-26)20-28(31)29-23-14-16-25(17-15-23)34-24-9-5-6-10-24/h4,7-8,11-19,24H,3,5-6,9-10,20H2,1-2H3,(H,29,31). The van der Waals surface area contributed by atoms with E-state index in [0.717, 1.165) is 29.7 Å². The molecule has 184 valence electrons. The second-order valence-corrected chi connectivity index (χ2v) is 10.8. The lowest BCUT2D eigenvalue weighted by atomic mass is 10.1. The number of amides is 1. The van der Waals surface area contributed by atoms with Crippen LogP contribution in [0.3, 0.4) is 0 Å². The molecule has 0 spiro atoms. The quantitative estimate of drug-likeness (QED) is 0.415. The van der Waals surface area contributed by atoms with Gasteiger partial charge >= 0.3 is 0 Å². The molecular formula is C28H32N2O4S. The van der Waals surface area contributed by atoms with Gasteiger partial charge in [0.15, 0.2) is 0 Å². The maximum absolute atomic E-state index is 13.6. The van der Waals surface area contributed by atoms with Crippen LogP contribution in [0.25, 0.3) is 0 Å². The maximum atomic E-state index is 13.6. The molecule has 3 aromatic carbocycles. The minimum atomic E-state index is -3.96. The first kappa shape index (κ1) is 24.8. The van der Waals surface area contributed by atoms with Gasteiger partial charge in [0, 0.05) is 5.69 Å². The fraction of sp³-hybridized carbons (Fsp3) is 0.321. The van der Waals surface area contributed by atoms with E-state index in [1.54, 1.807) is 48.5 Å². The van der Waals surface area contributed by atoms with Gasteiger partial charge in [-0.3, -0.25) is 9.10 Å². The summed E-state index contributed by atoms with van der Waals surface area (Å²) < 4.78 is 34.5. The zero-order chi connectivity index (χ0) is 24.8. The highest BCUT2D eigenvalue weighted by atomic mass is 32.2. The number of carbonyl (C=O) groups is 1. The van der Waals surface area contributed by atoms with Crippen LogP contribution in [0.4, 0.5) is 11.4 Å². The van der Waals surface area contributed by atoms with Crippen LogP contribution in [-0.4, -0.2) is 27.0 Å². The molecule has 0 saturated heterocycles. The molecule has 1 aliphatic carbocycles. The molecule has 4 rings (SSSR count). The molecule has 7 heteroatoms. The number of hydrogen-bond acceptors (Lipinski definition) is 4. The van der Waals surface area contributed by atoms with Gasteiger partial charge in [0.05, 0.1) is 16.7 Å². The normalized spacial score (nSPS) is 14.0. The number of aryl methyl sites for hydroxylation is 2. The summed E-state index contributed by atoms with van der Waals surface area (Å²) in [6, 6.07) is 21.2. The minimum Gasteiger partial charge on any atom is -0.490 e. The van der Waals surface area contributed by atoms with Gasteiger partial charge in [0.25, 0.3) is 10.0 Å². The van der Waals surface area contributed by atoms with Crippen molar-refractivity contribution in [3.05, 3.63) is 83.9 Å². The van der Waals surface area contributed by atoms with Crippen LogP contribution < -0.4 is 14.4 Å². The highest BCUT2D eigenvalue weighted by Crippen LogP contribution is 2.28. The van der Waals surface area contributed by atoms with Crippen molar-refractivity contribution in [1.82, 2.24) is 0 Å². The summed E-state index contributed by atoms with van der Waals surface area (Å²) >= 11 is 0. The van der Waals surface area contributed by atoms with Crippen molar-refractivity contribution < 1.29 is 17.9 Å². The Kier molecular flexibility index (Phi) is 7.76. The molecule has 6 nitrogen and oxygen atoms in total. The zero-order valence-corrected chi connectivity index (χ0v) is 21.1. The van der Waals surface area contributed by atoms with Gasteiger partial charge in [-0.25, -0.2) is 8.42 Å². The van der Waals surface area contributed by atoms with E-state index < -0.39 is 15.9 Å². The molecule has 0 aliphatic heterocycles. The largest absolute Gasteiger partial charge is 0.490 e. The molecule has 35 heavy (non-hydrogen) atoms. The number of sulfonamides is 1. The first-order valence-corrected chi connectivity index (χ1v) is 13.5. The third-order valence-electron chi connectivity index (χ3n) is 6.28. The van der Waals surface area contributed by atoms with Gasteiger partial charge in [0.1, 0.15) is 12.3 Å². The van der Waals surface area contributed by atoms with Crippen molar-refractivity contribution in [3.8, 4) is 5.75 Å². The molecular weight excluding hydrogens is 460 g/mol. The SMILES string of the molecule is CCc1ccccc1N(CC(=O)Nc1ccc(OC2CCCC2)cc1)S(=O)(=O)c1ccc(C)cc1. The van der Waals surface area contributed by atoms with Crippen LogP contribution in [0, 0.1) is 6.92 Å². The molecule has 0 heterocycles. The molecule has 0 unspecified atom stereocenters. The van der Waals surface area contributed by atoms with Gasteiger partial charge in [-0.05, 0) is 87.1 Å². The van der Waals surface area contributed by atoms with Crippen LogP contribution >= 0.6 is 0 Å². The lowest BCUT2D eigenvalue weighted by molar-refractivity contribution is -0.114. The number of benzene rings is 3. The summed E-state index contributed by atoms with van der Waals surface area (Å²) in [7, 11) is -3.96. The smallest absolute Gasteiger partial charge is 0.264 e. The van der Waals surface area contributed by atoms with Crippen LogP contribution in [0.1, 0.15) is 43.7 Å². The van der Waals surface area contributed by atoms with E-state index in [1.165, 1.54) is 17.1 Å². The summed E-state index contributed by atoms with van der Waals surface area (Å²) in [6.07, 6.45) is 5.44. The minimum absolute atomic E-state index is 0.148. The van der Waals surface area contributed by atoms with Crippen molar-refractivity contribution in [1.29, 1.82) is 0 Å². The Labute approximate surface area is 208 Å². The summed E-state index contributed by atoms with van der Waals surface area (Å²) in [4.78, 5) is 13.2. The fourth-order valence-electron chi connectivity index (χ4n) is 4.34. The fourth-order valence-corrected chi connectivity index (χ4v) is 5.80. The number of anilines is 2. The lowest BCUT2D eigenvalue weighted by Crippen LogP contribution is -2.38. The summed E-state index contributed by atoms with van der Waals surface area (Å²) in [5.74, 6) is 0.353. The molecule has 1 amide bonds. The van der Waals surface area contributed by atoms with Gasteiger partial charge in [0.2, 0.25) is 5.91 Å². The monoisotopic (exact) mass is 492 g/mol. The van der Waals surface area contributed by atoms with Gasteiger partial charge < -0.3 is 10.1 Å². The Bertz CT molecular complexity index is 1250. The average molecular weight is 493 g/mol. The molecule has 0 atom stereocenters. The predicted octanol–water partition coefficient (Wildman–Crippen LogP) is 5.71. The molecule has 1 aliphatic rings. The lowest BCUT2D eigenvalue weighted by Gasteiger charge is -2.26.